The van der Waals surface area contributed by atoms with Crippen LogP contribution in [-0.4, -0.2) is 28.7 Å². The molecule has 0 spiro atoms. The third-order valence-corrected chi connectivity index (χ3v) is 3.07. The molecule has 2 rings (SSSR count). The van der Waals surface area contributed by atoms with Gasteiger partial charge in [-0.15, -0.1) is 0 Å². The Bertz CT molecular complexity index is 542. The van der Waals surface area contributed by atoms with Crippen molar-refractivity contribution in [3.63, 3.8) is 0 Å². The van der Waals surface area contributed by atoms with E-state index >= 15 is 0 Å². The molecular weight excluding hydrogens is 240 g/mol. The van der Waals surface area contributed by atoms with Crippen LogP contribution in [0, 0.1) is 6.92 Å². The Morgan fingerprint density at radius 2 is 2.00 bits per heavy atom. The molecule has 19 heavy (non-hydrogen) atoms. The van der Waals surface area contributed by atoms with Gasteiger partial charge >= 0.3 is 5.97 Å². The lowest BCUT2D eigenvalue weighted by atomic mass is 10.1. The summed E-state index contributed by atoms with van der Waals surface area (Å²) in [5.74, 6) is -0.312. The van der Waals surface area contributed by atoms with Crippen LogP contribution in [0.3, 0.4) is 0 Å². The van der Waals surface area contributed by atoms with Crippen molar-refractivity contribution in [2.24, 2.45) is 5.10 Å². The molecule has 100 valence electrons. The van der Waals surface area contributed by atoms with Gasteiger partial charge in [-0.2, -0.15) is 0 Å². The van der Waals surface area contributed by atoms with E-state index in [1.165, 1.54) is 11.1 Å². The predicted octanol–water partition coefficient (Wildman–Crippen LogP) is 2.29. The van der Waals surface area contributed by atoms with Crippen LogP contribution in [0.4, 0.5) is 0 Å². The standard InChI is InChI=1S/C15H19N2O2/c1-4-19-15(18)14-9-12(3)17(16-14)10-13-7-5-11(2)6-8-13/h5-8H,4,9-10H2,1-3H3/q+1. The first-order chi connectivity index (χ1) is 9.10. The van der Waals surface area contributed by atoms with E-state index in [4.69, 9.17) is 4.74 Å². The molecule has 1 aliphatic heterocycles. The lowest BCUT2D eigenvalue weighted by molar-refractivity contribution is -0.547. The van der Waals surface area contributed by atoms with E-state index in [0.29, 0.717) is 25.3 Å². The molecule has 1 heterocycles. The summed E-state index contributed by atoms with van der Waals surface area (Å²) in [5.41, 5.74) is 3.98. The molecular formula is C15H19N2O2+. The number of rotatable bonds is 4. The molecule has 4 heteroatoms. The van der Waals surface area contributed by atoms with Gasteiger partial charge < -0.3 is 4.74 Å². The number of benzene rings is 1. The van der Waals surface area contributed by atoms with Gasteiger partial charge in [-0.05, 0) is 13.8 Å². The molecule has 1 aromatic rings. The second kappa shape index (κ2) is 5.78. The predicted molar refractivity (Wildman–Crippen MR) is 74.5 cm³/mol. The first kappa shape index (κ1) is 13.5. The number of hydrogen-bond donors (Lipinski definition) is 0. The van der Waals surface area contributed by atoms with Crippen LogP contribution in [0.2, 0.25) is 0 Å². The lowest BCUT2D eigenvalue weighted by Crippen LogP contribution is -2.16. The van der Waals surface area contributed by atoms with Crippen molar-refractivity contribution in [3.8, 4) is 0 Å². The topological polar surface area (TPSA) is 41.7 Å². The van der Waals surface area contributed by atoms with E-state index in [0.717, 1.165) is 5.71 Å². The highest BCUT2D eigenvalue weighted by Crippen LogP contribution is 2.10. The molecule has 0 atom stereocenters. The van der Waals surface area contributed by atoms with Gasteiger partial charge in [-0.25, -0.2) is 4.79 Å². The van der Waals surface area contributed by atoms with Crippen molar-refractivity contribution in [2.45, 2.75) is 33.7 Å². The second-order valence-electron chi connectivity index (χ2n) is 4.72. The number of aryl methyl sites for hydroxylation is 1. The Labute approximate surface area is 113 Å². The molecule has 1 aliphatic rings. The van der Waals surface area contributed by atoms with E-state index in [1.54, 1.807) is 6.92 Å². The molecule has 1 aromatic carbocycles. The minimum Gasteiger partial charge on any atom is -0.461 e. The molecule has 0 radical (unpaired) electrons. The maximum atomic E-state index is 11.6. The molecule has 0 fully saturated rings. The van der Waals surface area contributed by atoms with E-state index in [2.05, 4.69) is 36.3 Å². The summed E-state index contributed by atoms with van der Waals surface area (Å²) < 4.78 is 6.85. The average molecular weight is 259 g/mol. The van der Waals surface area contributed by atoms with E-state index in [-0.39, 0.29) is 5.97 Å². The van der Waals surface area contributed by atoms with Gasteiger partial charge in [-0.1, -0.05) is 34.5 Å². The molecule has 0 saturated carbocycles. The molecule has 0 aliphatic carbocycles. The Morgan fingerprint density at radius 1 is 1.32 bits per heavy atom. The first-order valence-corrected chi connectivity index (χ1v) is 6.50. The van der Waals surface area contributed by atoms with Crippen molar-refractivity contribution in [3.05, 3.63) is 35.4 Å². The van der Waals surface area contributed by atoms with Gasteiger partial charge in [0.15, 0.2) is 12.3 Å². The smallest absolute Gasteiger partial charge is 0.359 e. The molecule has 0 bridgehead atoms. The van der Waals surface area contributed by atoms with Gasteiger partial charge in [0, 0.05) is 17.6 Å². The zero-order chi connectivity index (χ0) is 13.8. The normalized spacial score (nSPS) is 14.6. The molecule has 4 nitrogen and oxygen atoms in total. The van der Waals surface area contributed by atoms with Crippen LogP contribution in [0.5, 0.6) is 0 Å². The molecule has 0 amide bonds. The number of esters is 1. The summed E-state index contributed by atoms with van der Waals surface area (Å²) in [7, 11) is 0. The number of nitrogens with zero attached hydrogens (tertiary/aromatic N) is 2. The lowest BCUT2D eigenvalue weighted by Gasteiger charge is -1.97. The zero-order valence-corrected chi connectivity index (χ0v) is 11.6. The Morgan fingerprint density at radius 3 is 2.63 bits per heavy atom. The summed E-state index contributed by atoms with van der Waals surface area (Å²) in [6.07, 6.45) is 0.574. The number of hydrazone groups is 1. The maximum absolute atomic E-state index is 11.6. The SMILES string of the molecule is CCOC(=O)C1=N[N+](Cc2ccc(C)cc2)=C(C)C1. The van der Waals surface area contributed by atoms with Gasteiger partial charge in [0.05, 0.1) is 13.0 Å². The highest BCUT2D eigenvalue weighted by Gasteiger charge is 2.28. The minimum atomic E-state index is -0.312. The quantitative estimate of drug-likeness (QED) is 0.615. The molecule has 0 saturated heterocycles. The van der Waals surface area contributed by atoms with Crippen LogP contribution < -0.4 is 0 Å². The van der Waals surface area contributed by atoms with Gasteiger partial charge in [0.1, 0.15) is 0 Å². The Hall–Kier alpha value is -1.97. The van der Waals surface area contributed by atoms with Crippen molar-refractivity contribution >= 4 is 17.4 Å². The Kier molecular flexibility index (Phi) is 4.10. The van der Waals surface area contributed by atoms with Crippen molar-refractivity contribution < 1.29 is 14.2 Å². The minimum absolute atomic E-state index is 0.312. The first-order valence-electron chi connectivity index (χ1n) is 6.50. The van der Waals surface area contributed by atoms with E-state index in [9.17, 15) is 4.79 Å². The highest BCUT2D eigenvalue weighted by atomic mass is 16.5. The number of hydrogen-bond acceptors (Lipinski definition) is 3. The molecule has 0 aromatic heterocycles. The van der Waals surface area contributed by atoms with Gasteiger partial charge in [0.2, 0.25) is 5.71 Å². The van der Waals surface area contributed by atoms with Crippen LogP contribution in [0.15, 0.2) is 29.4 Å². The summed E-state index contributed by atoms with van der Waals surface area (Å²) in [5, 5.41) is 4.34. The van der Waals surface area contributed by atoms with Crippen molar-refractivity contribution in [2.75, 3.05) is 6.61 Å². The molecule has 0 unspecified atom stereocenters. The summed E-state index contributed by atoms with van der Waals surface area (Å²) in [6, 6.07) is 8.33. The van der Waals surface area contributed by atoms with Gasteiger partial charge in [0.25, 0.3) is 0 Å². The third kappa shape index (κ3) is 3.28. The van der Waals surface area contributed by atoms with E-state index in [1.807, 2.05) is 11.6 Å². The fourth-order valence-corrected chi connectivity index (χ4v) is 1.96. The fourth-order valence-electron chi connectivity index (χ4n) is 1.96. The summed E-state index contributed by atoms with van der Waals surface area (Å²) in [4.78, 5) is 11.6. The fraction of sp³-hybridized carbons (Fsp3) is 0.400. The summed E-state index contributed by atoms with van der Waals surface area (Å²) >= 11 is 0. The highest BCUT2D eigenvalue weighted by molar-refractivity contribution is 6.40. The number of carbonyl (C=O) groups is 1. The number of carbonyl (C=O) groups excluding carboxylic acids is 1. The number of ether oxygens (including phenoxy) is 1. The van der Waals surface area contributed by atoms with Crippen molar-refractivity contribution in [1.29, 1.82) is 0 Å². The monoisotopic (exact) mass is 259 g/mol. The largest absolute Gasteiger partial charge is 0.461 e. The average Bonchev–Trinajstić information content (AvgIpc) is 2.74. The van der Waals surface area contributed by atoms with Crippen LogP contribution >= 0.6 is 0 Å². The third-order valence-electron chi connectivity index (χ3n) is 3.07. The van der Waals surface area contributed by atoms with Crippen LogP contribution in [0.1, 0.15) is 31.4 Å². The Balaban J connectivity index is 2.09. The van der Waals surface area contributed by atoms with Crippen LogP contribution in [-0.2, 0) is 16.1 Å². The zero-order valence-electron chi connectivity index (χ0n) is 11.6. The van der Waals surface area contributed by atoms with Crippen LogP contribution in [0.25, 0.3) is 0 Å². The summed E-state index contributed by atoms with van der Waals surface area (Å²) in [6.45, 7) is 6.93. The van der Waals surface area contributed by atoms with Crippen molar-refractivity contribution in [1.82, 2.24) is 0 Å². The van der Waals surface area contributed by atoms with Gasteiger partial charge in [-0.3, -0.25) is 0 Å². The maximum Gasteiger partial charge on any atom is 0.359 e. The second-order valence-corrected chi connectivity index (χ2v) is 4.72. The molecule has 0 N–H and O–H groups in total. The van der Waals surface area contributed by atoms with E-state index < -0.39 is 0 Å².